The van der Waals surface area contributed by atoms with Crippen LogP contribution in [0, 0.1) is 20.8 Å². The molecule has 1 aromatic heterocycles. The van der Waals surface area contributed by atoms with E-state index in [1.165, 1.54) is 4.88 Å². The van der Waals surface area contributed by atoms with Crippen molar-refractivity contribution in [2.45, 2.75) is 26.9 Å². The van der Waals surface area contributed by atoms with E-state index in [4.69, 9.17) is 4.74 Å². The first kappa shape index (κ1) is 13.1. The van der Waals surface area contributed by atoms with Gasteiger partial charge in [0.15, 0.2) is 0 Å². The molecular weight excluding hydrogens is 244 g/mol. The molecule has 96 valence electrons. The molecule has 2 aromatic rings. The summed E-state index contributed by atoms with van der Waals surface area (Å²) in [5.74, 6) is 0.756. The Bertz CT molecular complexity index is 558. The number of aliphatic hydroxyl groups is 1. The third kappa shape index (κ3) is 2.42. The van der Waals surface area contributed by atoms with Gasteiger partial charge < -0.3 is 9.84 Å². The SMILES string of the molecule is COc1cc(C)cc(C)c1C(O)c1ccc(C)s1. The monoisotopic (exact) mass is 262 g/mol. The molecule has 0 saturated heterocycles. The van der Waals surface area contributed by atoms with E-state index in [2.05, 4.69) is 6.07 Å². The summed E-state index contributed by atoms with van der Waals surface area (Å²) in [6, 6.07) is 8.04. The Morgan fingerprint density at radius 3 is 2.44 bits per heavy atom. The zero-order chi connectivity index (χ0) is 13.3. The zero-order valence-corrected chi connectivity index (χ0v) is 12.0. The Hall–Kier alpha value is -1.32. The molecule has 2 nitrogen and oxygen atoms in total. The number of methoxy groups -OCH3 is 1. The summed E-state index contributed by atoms with van der Waals surface area (Å²) in [7, 11) is 1.64. The maximum absolute atomic E-state index is 10.5. The smallest absolute Gasteiger partial charge is 0.125 e. The summed E-state index contributed by atoms with van der Waals surface area (Å²) in [5.41, 5.74) is 3.07. The second kappa shape index (κ2) is 5.12. The van der Waals surface area contributed by atoms with Crippen molar-refractivity contribution in [3.8, 4) is 5.75 Å². The van der Waals surface area contributed by atoms with Crippen LogP contribution in [0.4, 0.5) is 0 Å². The third-order valence-electron chi connectivity index (χ3n) is 3.02. The molecule has 0 fully saturated rings. The molecule has 0 aliphatic heterocycles. The molecule has 3 heteroatoms. The Labute approximate surface area is 112 Å². The van der Waals surface area contributed by atoms with Crippen molar-refractivity contribution in [1.29, 1.82) is 0 Å². The number of hydrogen-bond donors (Lipinski definition) is 1. The van der Waals surface area contributed by atoms with Crippen LogP contribution < -0.4 is 4.74 Å². The van der Waals surface area contributed by atoms with Gasteiger partial charge in [-0.3, -0.25) is 0 Å². The predicted molar refractivity (Wildman–Crippen MR) is 75.6 cm³/mol. The second-order valence-corrected chi connectivity index (χ2v) is 5.87. The molecule has 0 bridgehead atoms. The lowest BCUT2D eigenvalue weighted by molar-refractivity contribution is 0.217. The van der Waals surface area contributed by atoms with Crippen molar-refractivity contribution in [2.24, 2.45) is 0 Å². The summed E-state index contributed by atoms with van der Waals surface area (Å²) in [4.78, 5) is 2.16. The Balaban J connectivity index is 2.50. The van der Waals surface area contributed by atoms with Crippen molar-refractivity contribution in [1.82, 2.24) is 0 Å². The first-order chi connectivity index (χ1) is 8.52. The van der Waals surface area contributed by atoms with E-state index in [0.717, 1.165) is 27.3 Å². The lowest BCUT2D eigenvalue weighted by atomic mass is 9.99. The largest absolute Gasteiger partial charge is 0.496 e. The first-order valence-corrected chi connectivity index (χ1v) is 6.74. The molecule has 0 radical (unpaired) electrons. The van der Waals surface area contributed by atoms with Gasteiger partial charge in [0.05, 0.1) is 7.11 Å². The molecule has 1 atom stereocenters. The van der Waals surface area contributed by atoms with Crippen LogP contribution in [0.3, 0.4) is 0 Å². The number of rotatable bonds is 3. The van der Waals surface area contributed by atoms with Crippen LogP contribution in [0.2, 0.25) is 0 Å². The molecule has 0 spiro atoms. The average Bonchev–Trinajstić information content (AvgIpc) is 2.74. The minimum absolute atomic E-state index is 0.612. The van der Waals surface area contributed by atoms with Crippen LogP contribution in [-0.4, -0.2) is 12.2 Å². The standard InChI is InChI=1S/C15H18O2S/c1-9-7-10(2)14(12(8-9)17-4)15(16)13-6-5-11(3)18-13/h5-8,15-16H,1-4H3. The van der Waals surface area contributed by atoms with Crippen LogP contribution in [0.5, 0.6) is 5.75 Å². The first-order valence-electron chi connectivity index (χ1n) is 5.92. The molecule has 1 heterocycles. The Morgan fingerprint density at radius 2 is 1.89 bits per heavy atom. The molecule has 2 rings (SSSR count). The highest BCUT2D eigenvalue weighted by atomic mass is 32.1. The van der Waals surface area contributed by atoms with Crippen molar-refractivity contribution >= 4 is 11.3 Å². The summed E-state index contributed by atoms with van der Waals surface area (Å²) >= 11 is 1.62. The molecule has 1 N–H and O–H groups in total. The van der Waals surface area contributed by atoms with Crippen molar-refractivity contribution in [3.05, 3.63) is 50.7 Å². The van der Waals surface area contributed by atoms with Gasteiger partial charge in [-0.1, -0.05) is 6.07 Å². The van der Waals surface area contributed by atoms with Crippen LogP contribution in [0.1, 0.15) is 32.5 Å². The van der Waals surface area contributed by atoms with Gasteiger partial charge in [0.2, 0.25) is 0 Å². The zero-order valence-electron chi connectivity index (χ0n) is 11.2. The summed E-state index contributed by atoms with van der Waals surface area (Å²) < 4.78 is 5.40. The summed E-state index contributed by atoms with van der Waals surface area (Å²) in [6.07, 6.45) is -0.612. The molecule has 0 aliphatic carbocycles. The number of hydrogen-bond acceptors (Lipinski definition) is 3. The molecule has 18 heavy (non-hydrogen) atoms. The minimum atomic E-state index is -0.612. The minimum Gasteiger partial charge on any atom is -0.496 e. The molecule has 1 unspecified atom stereocenters. The van der Waals surface area contributed by atoms with Crippen LogP contribution in [0.25, 0.3) is 0 Å². The average molecular weight is 262 g/mol. The fourth-order valence-corrected chi connectivity index (χ4v) is 3.08. The van der Waals surface area contributed by atoms with E-state index in [0.29, 0.717) is 0 Å². The van der Waals surface area contributed by atoms with E-state index in [-0.39, 0.29) is 0 Å². The van der Waals surface area contributed by atoms with E-state index in [9.17, 15) is 5.11 Å². The van der Waals surface area contributed by atoms with Gasteiger partial charge in [0.1, 0.15) is 11.9 Å². The number of ether oxygens (including phenoxy) is 1. The van der Waals surface area contributed by atoms with Crippen LogP contribution >= 0.6 is 11.3 Å². The van der Waals surface area contributed by atoms with Gasteiger partial charge >= 0.3 is 0 Å². The third-order valence-corrected chi connectivity index (χ3v) is 4.07. The molecule has 1 aromatic carbocycles. The highest BCUT2D eigenvalue weighted by Crippen LogP contribution is 2.36. The normalized spacial score (nSPS) is 12.5. The van der Waals surface area contributed by atoms with Gasteiger partial charge in [-0.2, -0.15) is 0 Å². The van der Waals surface area contributed by atoms with Gasteiger partial charge in [-0.15, -0.1) is 11.3 Å². The maximum Gasteiger partial charge on any atom is 0.125 e. The van der Waals surface area contributed by atoms with Crippen LogP contribution in [0.15, 0.2) is 24.3 Å². The van der Waals surface area contributed by atoms with Crippen molar-refractivity contribution in [3.63, 3.8) is 0 Å². The van der Waals surface area contributed by atoms with Crippen molar-refractivity contribution < 1.29 is 9.84 Å². The van der Waals surface area contributed by atoms with E-state index < -0.39 is 6.10 Å². The number of benzene rings is 1. The highest BCUT2D eigenvalue weighted by Gasteiger charge is 2.19. The molecular formula is C15H18O2S. The van der Waals surface area contributed by atoms with Gasteiger partial charge in [0.25, 0.3) is 0 Å². The summed E-state index contributed by atoms with van der Waals surface area (Å²) in [5, 5.41) is 10.5. The summed E-state index contributed by atoms with van der Waals surface area (Å²) in [6.45, 7) is 6.08. The predicted octanol–water partition coefficient (Wildman–Crippen LogP) is 3.76. The lowest BCUT2D eigenvalue weighted by Crippen LogP contribution is -2.04. The fourth-order valence-electron chi connectivity index (χ4n) is 2.20. The number of thiophene rings is 1. The number of aliphatic hydroxyl groups excluding tert-OH is 1. The van der Waals surface area contributed by atoms with Gasteiger partial charge in [0, 0.05) is 15.3 Å². The Morgan fingerprint density at radius 1 is 1.17 bits per heavy atom. The van der Waals surface area contributed by atoms with Gasteiger partial charge in [-0.25, -0.2) is 0 Å². The molecule has 0 saturated carbocycles. The van der Waals surface area contributed by atoms with E-state index in [1.54, 1.807) is 18.4 Å². The van der Waals surface area contributed by atoms with E-state index in [1.807, 2.05) is 39.0 Å². The maximum atomic E-state index is 10.5. The highest BCUT2D eigenvalue weighted by molar-refractivity contribution is 7.12. The van der Waals surface area contributed by atoms with Crippen LogP contribution in [-0.2, 0) is 0 Å². The molecule has 0 amide bonds. The topological polar surface area (TPSA) is 29.5 Å². The fraction of sp³-hybridized carbons (Fsp3) is 0.333. The van der Waals surface area contributed by atoms with Gasteiger partial charge in [-0.05, 0) is 50.1 Å². The lowest BCUT2D eigenvalue weighted by Gasteiger charge is -2.17. The Kier molecular flexibility index (Phi) is 3.73. The molecule has 0 aliphatic rings. The van der Waals surface area contributed by atoms with Crippen molar-refractivity contribution in [2.75, 3.05) is 7.11 Å². The van der Waals surface area contributed by atoms with E-state index >= 15 is 0 Å². The quantitative estimate of drug-likeness (QED) is 0.912. The second-order valence-electron chi connectivity index (χ2n) is 4.55. The number of aryl methyl sites for hydroxylation is 3.